The average Bonchev–Trinajstić information content (AvgIpc) is 3.36. The van der Waals surface area contributed by atoms with Crippen molar-refractivity contribution in [2.24, 2.45) is 5.73 Å². The van der Waals surface area contributed by atoms with E-state index in [1.807, 2.05) is 40.3 Å². The van der Waals surface area contributed by atoms with Crippen molar-refractivity contribution in [1.82, 2.24) is 4.57 Å². The maximum atomic E-state index is 14.4. The molecule has 2 N–H and O–H groups in total. The first-order valence-electron chi connectivity index (χ1n) is 9.27. The summed E-state index contributed by atoms with van der Waals surface area (Å²) in [6.45, 7) is 0.177. The molecule has 5 aromatic rings. The number of benzene rings is 3. The Labute approximate surface area is 175 Å². The van der Waals surface area contributed by atoms with Crippen molar-refractivity contribution in [2.75, 3.05) is 0 Å². The van der Waals surface area contributed by atoms with Crippen molar-refractivity contribution in [2.45, 2.75) is 6.54 Å². The van der Waals surface area contributed by atoms with E-state index in [9.17, 15) is 13.6 Å². The number of nitrogens with zero attached hydrogens (tertiary/aromatic N) is 1. The number of nitrogens with two attached hydrogens (primary N) is 1. The number of hydrogen-bond donors (Lipinski definition) is 1. The molecular weight excluding hydrogens is 402 g/mol. The summed E-state index contributed by atoms with van der Waals surface area (Å²) in [6, 6.07) is 20.0. The van der Waals surface area contributed by atoms with E-state index in [1.54, 1.807) is 23.5 Å². The predicted octanol–water partition coefficient (Wildman–Crippen LogP) is 5.75. The maximum Gasteiger partial charge on any atom is 0.249 e. The number of hydrogen-bond acceptors (Lipinski definition) is 2. The van der Waals surface area contributed by atoms with Gasteiger partial charge in [0.05, 0.1) is 17.6 Å². The number of halogens is 2. The average molecular weight is 417 g/mol. The number of aromatic nitrogens is 1. The Morgan fingerprint density at radius 1 is 1.07 bits per heavy atom. The fourth-order valence-corrected chi connectivity index (χ4v) is 4.55. The highest BCUT2D eigenvalue weighted by Crippen LogP contribution is 2.35. The Balaban J connectivity index is 1.82. The van der Waals surface area contributed by atoms with E-state index in [1.165, 1.54) is 12.1 Å². The number of carbonyl (C=O) groups is 1. The third-order valence-electron chi connectivity index (χ3n) is 5.21. The van der Waals surface area contributed by atoms with Crippen LogP contribution in [0.3, 0.4) is 0 Å². The van der Waals surface area contributed by atoms with Crippen LogP contribution < -0.4 is 5.73 Å². The van der Waals surface area contributed by atoms with E-state index in [4.69, 9.17) is 5.73 Å². The SMILES string of the molecule is NC(=O)c1cccc2c1c1[c]cc(-c3cccs3)cc1n2Cc1ccc(F)cc1F. The first kappa shape index (κ1) is 18.5. The molecule has 1 radical (unpaired) electrons. The molecule has 0 atom stereocenters. The van der Waals surface area contributed by atoms with Crippen molar-refractivity contribution in [3.63, 3.8) is 0 Å². The van der Waals surface area contributed by atoms with Gasteiger partial charge < -0.3 is 10.3 Å². The fraction of sp³-hybridized carbons (Fsp3) is 0.0417. The van der Waals surface area contributed by atoms with Crippen molar-refractivity contribution in [1.29, 1.82) is 0 Å². The van der Waals surface area contributed by atoms with Crippen LogP contribution in [0.4, 0.5) is 8.78 Å². The van der Waals surface area contributed by atoms with Crippen LogP contribution in [-0.2, 0) is 6.54 Å². The minimum Gasteiger partial charge on any atom is -0.366 e. The van der Waals surface area contributed by atoms with Gasteiger partial charge in [0.15, 0.2) is 0 Å². The third kappa shape index (κ3) is 2.97. The van der Waals surface area contributed by atoms with Gasteiger partial charge in [-0.25, -0.2) is 8.78 Å². The monoisotopic (exact) mass is 417 g/mol. The molecule has 0 fully saturated rings. The smallest absolute Gasteiger partial charge is 0.249 e. The summed E-state index contributed by atoms with van der Waals surface area (Å²) in [5.74, 6) is -1.78. The van der Waals surface area contributed by atoms with Crippen LogP contribution in [0.2, 0.25) is 0 Å². The van der Waals surface area contributed by atoms with Crippen molar-refractivity contribution in [3.05, 3.63) is 94.9 Å². The van der Waals surface area contributed by atoms with Crippen molar-refractivity contribution in [3.8, 4) is 10.4 Å². The molecule has 0 saturated carbocycles. The standard InChI is InChI=1S/C24H15F2N2OS/c25-16-8-6-15(19(26)12-16)13-28-20-4-1-3-18(24(27)29)23(20)17-9-7-14(11-21(17)28)22-5-2-10-30-22/h1-8,10-12H,13H2,(H2,27,29). The number of rotatable bonds is 4. The van der Waals surface area contributed by atoms with Gasteiger partial charge in [-0.05, 0) is 53.4 Å². The van der Waals surface area contributed by atoms with Crippen LogP contribution in [0.25, 0.3) is 32.2 Å². The first-order chi connectivity index (χ1) is 14.5. The lowest BCUT2D eigenvalue weighted by atomic mass is 10.0. The second-order valence-electron chi connectivity index (χ2n) is 7.01. The molecule has 30 heavy (non-hydrogen) atoms. The van der Waals surface area contributed by atoms with Gasteiger partial charge in [-0.15, -0.1) is 11.3 Å². The Morgan fingerprint density at radius 3 is 2.67 bits per heavy atom. The molecule has 3 nitrogen and oxygen atoms in total. The summed E-state index contributed by atoms with van der Waals surface area (Å²) in [6.07, 6.45) is 0. The molecule has 6 heteroatoms. The minimum absolute atomic E-state index is 0.177. The van der Waals surface area contributed by atoms with E-state index in [0.29, 0.717) is 16.5 Å². The van der Waals surface area contributed by atoms with E-state index >= 15 is 0 Å². The van der Waals surface area contributed by atoms with Gasteiger partial charge >= 0.3 is 0 Å². The number of primary amides is 1. The Bertz CT molecular complexity index is 1420. The lowest BCUT2D eigenvalue weighted by molar-refractivity contribution is 0.100. The summed E-state index contributed by atoms with van der Waals surface area (Å²) in [4.78, 5) is 13.1. The first-order valence-corrected chi connectivity index (χ1v) is 10.1. The molecule has 0 bridgehead atoms. The summed E-state index contributed by atoms with van der Waals surface area (Å²) < 4.78 is 29.7. The summed E-state index contributed by atoms with van der Waals surface area (Å²) in [5.41, 5.74) is 8.87. The van der Waals surface area contributed by atoms with Crippen LogP contribution in [0.5, 0.6) is 0 Å². The molecule has 2 heterocycles. The van der Waals surface area contributed by atoms with Gasteiger partial charge in [-0.2, -0.15) is 0 Å². The minimum atomic E-state index is -0.622. The van der Waals surface area contributed by atoms with Crippen LogP contribution in [0.1, 0.15) is 15.9 Å². The second kappa shape index (κ2) is 7.07. The molecule has 0 spiro atoms. The van der Waals surface area contributed by atoms with Gasteiger partial charge in [-0.1, -0.05) is 18.2 Å². The number of fused-ring (bicyclic) bond motifs is 3. The highest BCUT2D eigenvalue weighted by Gasteiger charge is 2.18. The number of carbonyl (C=O) groups excluding carboxylic acids is 1. The zero-order valence-electron chi connectivity index (χ0n) is 15.7. The van der Waals surface area contributed by atoms with Gasteiger partial charge in [-0.3, -0.25) is 4.79 Å². The Kier molecular flexibility index (Phi) is 4.37. The van der Waals surface area contributed by atoms with Crippen LogP contribution in [0, 0.1) is 17.7 Å². The Morgan fingerprint density at radius 2 is 1.93 bits per heavy atom. The fourth-order valence-electron chi connectivity index (χ4n) is 3.84. The zero-order valence-corrected chi connectivity index (χ0v) is 16.5. The highest BCUT2D eigenvalue weighted by atomic mass is 32.1. The quantitative estimate of drug-likeness (QED) is 0.398. The summed E-state index contributed by atoms with van der Waals surface area (Å²) in [5, 5.41) is 3.41. The lowest BCUT2D eigenvalue weighted by Crippen LogP contribution is -2.11. The summed E-state index contributed by atoms with van der Waals surface area (Å²) >= 11 is 1.61. The molecular formula is C24H15F2N2OS. The zero-order chi connectivity index (χ0) is 20.8. The van der Waals surface area contributed by atoms with Crippen LogP contribution in [0.15, 0.2) is 66.0 Å². The molecule has 0 aliphatic carbocycles. The molecule has 0 unspecified atom stereocenters. The molecule has 147 valence electrons. The maximum absolute atomic E-state index is 14.4. The third-order valence-corrected chi connectivity index (χ3v) is 6.13. The molecule has 1 amide bonds. The second-order valence-corrected chi connectivity index (χ2v) is 7.96. The molecule has 0 saturated heterocycles. The van der Waals surface area contributed by atoms with Crippen molar-refractivity contribution < 1.29 is 13.6 Å². The molecule has 3 aromatic carbocycles. The van der Waals surface area contributed by atoms with Gasteiger partial charge in [0.25, 0.3) is 0 Å². The molecule has 0 aliphatic heterocycles. The van der Waals surface area contributed by atoms with E-state index in [2.05, 4.69) is 6.07 Å². The molecule has 2 aromatic heterocycles. The van der Waals surface area contributed by atoms with Gasteiger partial charge in [0, 0.05) is 32.8 Å². The highest BCUT2D eigenvalue weighted by molar-refractivity contribution is 7.13. The van der Waals surface area contributed by atoms with Crippen LogP contribution >= 0.6 is 11.3 Å². The largest absolute Gasteiger partial charge is 0.366 e. The number of amides is 1. The van der Waals surface area contributed by atoms with E-state index < -0.39 is 17.5 Å². The lowest BCUT2D eigenvalue weighted by Gasteiger charge is -2.10. The van der Waals surface area contributed by atoms with Gasteiger partial charge in [0.2, 0.25) is 5.91 Å². The summed E-state index contributed by atoms with van der Waals surface area (Å²) in [7, 11) is 0. The molecule has 5 rings (SSSR count). The van der Waals surface area contributed by atoms with Gasteiger partial charge in [0.1, 0.15) is 11.6 Å². The predicted molar refractivity (Wildman–Crippen MR) is 116 cm³/mol. The van der Waals surface area contributed by atoms with E-state index in [-0.39, 0.29) is 6.54 Å². The normalized spacial score (nSPS) is 11.4. The number of thiophene rings is 1. The van der Waals surface area contributed by atoms with Crippen molar-refractivity contribution >= 4 is 39.0 Å². The van der Waals surface area contributed by atoms with E-state index in [0.717, 1.165) is 32.9 Å². The molecule has 0 aliphatic rings. The Hall–Kier alpha value is -3.51. The van der Waals surface area contributed by atoms with Crippen LogP contribution in [-0.4, -0.2) is 10.5 Å². The topological polar surface area (TPSA) is 48.0 Å².